The Kier molecular flexibility index (Phi) is 8.05. The van der Waals surface area contributed by atoms with Crippen LogP contribution in [0, 0.1) is 45.3 Å². The van der Waals surface area contributed by atoms with E-state index in [-0.39, 0.29) is 29.7 Å². The van der Waals surface area contributed by atoms with Crippen LogP contribution in [0.1, 0.15) is 36.8 Å². The fourth-order valence-electron chi connectivity index (χ4n) is 5.20. The molecule has 38 heavy (non-hydrogen) atoms. The summed E-state index contributed by atoms with van der Waals surface area (Å²) in [5, 5.41) is 33.1. The van der Waals surface area contributed by atoms with Crippen LogP contribution in [-0.4, -0.2) is 19.1 Å². The molecule has 0 radical (unpaired) electrons. The highest BCUT2D eigenvalue weighted by molar-refractivity contribution is 9.10. The molecule has 0 saturated heterocycles. The van der Waals surface area contributed by atoms with Gasteiger partial charge in [0.25, 0.3) is 5.91 Å². The first-order valence-corrected chi connectivity index (χ1v) is 13.0. The smallest absolute Gasteiger partial charge is 0.258 e. The summed E-state index contributed by atoms with van der Waals surface area (Å²) in [7, 11) is 0. The van der Waals surface area contributed by atoms with Crippen LogP contribution in [0.25, 0.3) is 0 Å². The van der Waals surface area contributed by atoms with Gasteiger partial charge >= 0.3 is 0 Å². The van der Waals surface area contributed by atoms with Gasteiger partial charge in [0, 0.05) is 16.9 Å². The Bertz CT molecular complexity index is 1420. The third-order valence-corrected chi connectivity index (χ3v) is 7.63. The third-order valence-electron chi connectivity index (χ3n) is 6.95. The topological polar surface area (TPSA) is 145 Å². The first-order valence-electron chi connectivity index (χ1n) is 12.2. The molecule has 2 aromatic rings. The molecule has 4 rings (SSSR count). The van der Waals surface area contributed by atoms with Gasteiger partial charge in [0.2, 0.25) is 0 Å². The number of nitrogens with zero attached hydrogens (tertiary/aromatic N) is 3. The van der Waals surface area contributed by atoms with Crippen molar-refractivity contribution >= 4 is 21.8 Å². The number of nitrogens with two attached hydrogens (primary N) is 1. The van der Waals surface area contributed by atoms with Crippen molar-refractivity contribution in [1.82, 2.24) is 5.32 Å². The number of hydrogen-bond acceptors (Lipinski definition) is 7. The highest BCUT2D eigenvalue weighted by Crippen LogP contribution is 2.58. The molecule has 192 valence electrons. The lowest BCUT2D eigenvalue weighted by atomic mass is 9.59. The van der Waals surface area contributed by atoms with E-state index in [1.54, 1.807) is 12.1 Å². The van der Waals surface area contributed by atoms with E-state index >= 15 is 0 Å². The zero-order valence-electron chi connectivity index (χ0n) is 20.8. The average Bonchev–Trinajstić information content (AvgIpc) is 3.41. The summed E-state index contributed by atoms with van der Waals surface area (Å²) in [5.41, 5.74) is 7.21. The number of allylic oxidation sites excluding steroid dienone is 4. The minimum absolute atomic E-state index is 0.0281. The lowest BCUT2D eigenvalue weighted by Gasteiger charge is -2.40. The number of rotatable bonds is 8. The molecule has 0 aromatic heterocycles. The molecule has 2 aliphatic carbocycles. The van der Waals surface area contributed by atoms with Gasteiger partial charge in [-0.25, -0.2) is 0 Å². The fourth-order valence-corrected chi connectivity index (χ4v) is 5.77. The Morgan fingerprint density at radius 2 is 1.87 bits per heavy atom. The summed E-state index contributed by atoms with van der Waals surface area (Å²) in [6.45, 7) is 2.32. The van der Waals surface area contributed by atoms with Gasteiger partial charge in [-0.05, 0) is 54.5 Å². The van der Waals surface area contributed by atoms with Gasteiger partial charge in [0.05, 0.1) is 30.0 Å². The fraction of sp³-hybridized carbons (Fsp3) is 0.310. The van der Waals surface area contributed by atoms with Crippen molar-refractivity contribution in [3.8, 4) is 29.7 Å². The molecule has 0 fully saturated rings. The van der Waals surface area contributed by atoms with Gasteiger partial charge in [0.15, 0.2) is 23.5 Å². The predicted octanol–water partition coefficient (Wildman–Crippen LogP) is 4.75. The molecule has 0 aliphatic heterocycles. The number of carbonyl (C=O) groups excluding carboxylic acids is 1. The van der Waals surface area contributed by atoms with E-state index in [1.807, 2.05) is 43.3 Å². The Morgan fingerprint density at radius 3 is 2.53 bits per heavy atom. The van der Waals surface area contributed by atoms with E-state index < -0.39 is 11.3 Å². The van der Waals surface area contributed by atoms with Gasteiger partial charge in [-0.3, -0.25) is 4.79 Å². The van der Waals surface area contributed by atoms with E-state index in [4.69, 9.17) is 15.2 Å². The van der Waals surface area contributed by atoms with E-state index in [9.17, 15) is 20.6 Å². The van der Waals surface area contributed by atoms with E-state index in [1.165, 1.54) is 0 Å². The Morgan fingerprint density at radius 1 is 1.16 bits per heavy atom. The number of nitrogens with one attached hydrogen (secondary N) is 1. The maximum Gasteiger partial charge on any atom is 0.258 e. The Hall–Kier alpha value is -4.26. The third kappa shape index (κ3) is 4.84. The second-order valence-corrected chi connectivity index (χ2v) is 9.91. The molecule has 1 amide bonds. The van der Waals surface area contributed by atoms with Gasteiger partial charge < -0.3 is 20.5 Å². The number of ether oxygens (including phenoxy) is 2. The second-order valence-electron chi connectivity index (χ2n) is 9.06. The van der Waals surface area contributed by atoms with Crippen LogP contribution < -0.4 is 20.5 Å². The van der Waals surface area contributed by atoms with Crippen LogP contribution in [0.4, 0.5) is 0 Å². The number of amides is 1. The van der Waals surface area contributed by atoms with Gasteiger partial charge in [-0.2, -0.15) is 15.8 Å². The van der Waals surface area contributed by atoms with Crippen molar-refractivity contribution in [2.75, 3.05) is 13.2 Å². The summed E-state index contributed by atoms with van der Waals surface area (Å²) in [6.07, 6.45) is 3.36. The zero-order valence-corrected chi connectivity index (χ0v) is 22.4. The molecule has 3 N–H and O–H groups in total. The van der Waals surface area contributed by atoms with Gasteiger partial charge in [0.1, 0.15) is 6.07 Å². The molecule has 0 heterocycles. The van der Waals surface area contributed by atoms with Crippen LogP contribution >= 0.6 is 15.9 Å². The van der Waals surface area contributed by atoms with Crippen molar-refractivity contribution in [3.05, 3.63) is 81.0 Å². The maximum absolute atomic E-state index is 12.4. The zero-order chi connectivity index (χ0) is 27.3. The summed E-state index contributed by atoms with van der Waals surface area (Å²) < 4.78 is 12.3. The predicted molar refractivity (Wildman–Crippen MR) is 143 cm³/mol. The maximum atomic E-state index is 12.4. The van der Waals surface area contributed by atoms with E-state index in [2.05, 4.69) is 39.5 Å². The summed E-state index contributed by atoms with van der Waals surface area (Å²) in [5.74, 6) is -0.447. The molecule has 9 heteroatoms. The molecular formula is C29H26BrN5O3. The SMILES string of the molecule is CCOc1cc([C@@H]2[C@H]3CCC=C3C(C#N)=C(N)C2(C#N)C#N)c(Br)cc1OCC(=O)NCc1ccccc1. The summed E-state index contributed by atoms with van der Waals surface area (Å²) in [4.78, 5) is 12.4. The first kappa shape index (κ1) is 26.8. The minimum atomic E-state index is -1.73. The normalized spacial score (nSPS) is 19.3. The number of nitriles is 3. The summed E-state index contributed by atoms with van der Waals surface area (Å²) >= 11 is 3.60. The molecule has 2 aliphatic rings. The Labute approximate surface area is 230 Å². The highest BCUT2D eigenvalue weighted by atomic mass is 79.9. The monoisotopic (exact) mass is 571 g/mol. The summed E-state index contributed by atoms with van der Waals surface area (Å²) in [6, 6.07) is 19.4. The lowest BCUT2D eigenvalue weighted by molar-refractivity contribution is -0.123. The number of carbonyl (C=O) groups is 1. The van der Waals surface area contributed by atoms with Crippen LogP contribution in [0.15, 0.2) is 69.9 Å². The van der Waals surface area contributed by atoms with Crippen LogP contribution in [-0.2, 0) is 11.3 Å². The molecule has 2 aromatic carbocycles. The number of halogens is 1. The average molecular weight is 572 g/mol. The Balaban J connectivity index is 1.66. The van der Waals surface area contributed by atoms with Crippen molar-refractivity contribution in [1.29, 1.82) is 15.8 Å². The minimum Gasteiger partial charge on any atom is -0.490 e. The molecule has 8 nitrogen and oxygen atoms in total. The molecule has 0 saturated carbocycles. The molecule has 0 spiro atoms. The van der Waals surface area contributed by atoms with Crippen molar-refractivity contribution in [2.45, 2.75) is 32.2 Å². The van der Waals surface area contributed by atoms with E-state index in [0.717, 1.165) is 17.6 Å². The van der Waals surface area contributed by atoms with Crippen molar-refractivity contribution in [2.24, 2.45) is 17.1 Å². The lowest BCUT2D eigenvalue weighted by Crippen LogP contribution is -2.41. The number of hydrogen-bond donors (Lipinski definition) is 2. The largest absolute Gasteiger partial charge is 0.490 e. The molecular weight excluding hydrogens is 546 g/mol. The quantitative estimate of drug-likeness (QED) is 0.465. The highest BCUT2D eigenvalue weighted by Gasteiger charge is 2.54. The second kappa shape index (κ2) is 11.4. The van der Waals surface area contributed by atoms with Crippen LogP contribution in [0.2, 0.25) is 0 Å². The van der Waals surface area contributed by atoms with Crippen molar-refractivity contribution in [3.63, 3.8) is 0 Å². The molecule has 2 atom stereocenters. The standard InChI is InChI=1S/C29H26BrN5O3/c1-2-37-24-11-21(23(30)12-25(24)38-15-26(36)35-14-18-7-4-3-5-8-18)27-20-10-6-9-19(20)22(13-31)28(34)29(27,16-32)17-33/h3-5,7-9,11-12,20,27H,2,6,10,14-15,34H2,1H3,(H,35,36)/t20-,27-/m0/s1. The van der Waals surface area contributed by atoms with Gasteiger partial charge in [-0.1, -0.05) is 52.3 Å². The van der Waals surface area contributed by atoms with E-state index in [0.29, 0.717) is 41.1 Å². The first-order chi connectivity index (χ1) is 18.4. The molecule has 0 bridgehead atoms. The molecule has 0 unspecified atom stereocenters. The van der Waals surface area contributed by atoms with Crippen LogP contribution in [0.3, 0.4) is 0 Å². The number of fused-ring (bicyclic) bond motifs is 1. The van der Waals surface area contributed by atoms with Gasteiger partial charge in [-0.15, -0.1) is 0 Å². The number of benzene rings is 2. The van der Waals surface area contributed by atoms with Crippen LogP contribution in [0.5, 0.6) is 11.5 Å². The van der Waals surface area contributed by atoms with Crippen molar-refractivity contribution < 1.29 is 14.3 Å².